The molecule has 0 saturated heterocycles. The van der Waals surface area contributed by atoms with Crippen molar-refractivity contribution >= 4 is 5.69 Å². The molecule has 0 amide bonds. The fraction of sp³-hybridized carbons (Fsp3) is 0.667. The first-order valence-electron chi connectivity index (χ1n) is 8.04. The molecule has 0 aliphatic carbocycles. The van der Waals surface area contributed by atoms with E-state index in [4.69, 9.17) is 5.73 Å². The van der Waals surface area contributed by atoms with Crippen molar-refractivity contribution in [1.82, 2.24) is 4.90 Å². The van der Waals surface area contributed by atoms with E-state index >= 15 is 0 Å². The van der Waals surface area contributed by atoms with E-state index in [0.717, 1.165) is 26.1 Å². The third-order valence-corrected chi connectivity index (χ3v) is 3.56. The molecular weight excluding hydrogens is 258 g/mol. The lowest BCUT2D eigenvalue weighted by molar-refractivity contribution is 0.409. The van der Waals surface area contributed by atoms with Crippen LogP contribution >= 0.6 is 0 Å². The fourth-order valence-electron chi connectivity index (χ4n) is 2.64. The summed E-state index contributed by atoms with van der Waals surface area (Å²) < 4.78 is 0. The highest BCUT2D eigenvalue weighted by Gasteiger charge is 2.12. The van der Waals surface area contributed by atoms with Gasteiger partial charge in [-0.25, -0.2) is 0 Å². The molecule has 1 rings (SSSR count). The topological polar surface area (TPSA) is 32.5 Å². The molecule has 0 radical (unpaired) electrons. The molecule has 0 spiro atoms. The molecule has 0 bridgehead atoms. The second-order valence-electron chi connectivity index (χ2n) is 6.95. The predicted molar refractivity (Wildman–Crippen MR) is 94.1 cm³/mol. The summed E-state index contributed by atoms with van der Waals surface area (Å²) in [5.41, 5.74) is 9.95. The molecule has 0 heterocycles. The van der Waals surface area contributed by atoms with Crippen molar-refractivity contribution < 1.29 is 0 Å². The molecule has 2 N–H and O–H groups in total. The van der Waals surface area contributed by atoms with Crippen LogP contribution in [-0.4, -0.2) is 44.7 Å². The van der Waals surface area contributed by atoms with E-state index in [9.17, 15) is 0 Å². The molecule has 1 atom stereocenters. The summed E-state index contributed by atoms with van der Waals surface area (Å²) in [5.74, 6) is 0.662. The third kappa shape index (κ3) is 6.49. The maximum Gasteiger partial charge on any atom is 0.0396 e. The van der Waals surface area contributed by atoms with E-state index in [-0.39, 0.29) is 6.04 Å². The van der Waals surface area contributed by atoms with Crippen molar-refractivity contribution in [3.05, 3.63) is 29.3 Å². The van der Waals surface area contributed by atoms with Crippen LogP contribution in [0.3, 0.4) is 0 Å². The van der Waals surface area contributed by atoms with Crippen LogP contribution in [-0.2, 0) is 6.42 Å². The lowest BCUT2D eigenvalue weighted by Gasteiger charge is -2.30. The molecule has 1 aromatic carbocycles. The largest absolute Gasteiger partial charge is 0.370 e. The highest BCUT2D eigenvalue weighted by atomic mass is 15.2. The maximum atomic E-state index is 5.90. The first kappa shape index (κ1) is 18.0. The molecule has 0 fully saturated rings. The van der Waals surface area contributed by atoms with Crippen LogP contribution in [0.4, 0.5) is 5.69 Å². The average Bonchev–Trinajstić information content (AvgIpc) is 2.33. The molecular formula is C18H33N3. The van der Waals surface area contributed by atoms with Crippen LogP contribution < -0.4 is 10.6 Å². The summed E-state index contributed by atoms with van der Waals surface area (Å²) in [6.45, 7) is 12.1. The summed E-state index contributed by atoms with van der Waals surface area (Å²) in [6, 6.07) is 7.01. The van der Waals surface area contributed by atoms with Gasteiger partial charge >= 0.3 is 0 Å². The monoisotopic (exact) mass is 291 g/mol. The lowest BCUT2D eigenvalue weighted by atomic mass is 10.0. The zero-order chi connectivity index (χ0) is 16.0. The van der Waals surface area contributed by atoms with Crippen molar-refractivity contribution in [2.75, 3.05) is 38.6 Å². The Morgan fingerprint density at radius 2 is 1.76 bits per heavy atom. The van der Waals surface area contributed by atoms with Gasteiger partial charge in [-0.1, -0.05) is 26.0 Å². The quantitative estimate of drug-likeness (QED) is 0.799. The summed E-state index contributed by atoms with van der Waals surface area (Å²) in [6.07, 6.45) is 0.947. The number of aryl methyl sites for hydroxylation is 1. The highest BCUT2D eigenvalue weighted by molar-refractivity contribution is 5.54. The van der Waals surface area contributed by atoms with Crippen LogP contribution in [0, 0.1) is 12.8 Å². The average molecular weight is 291 g/mol. The van der Waals surface area contributed by atoms with Gasteiger partial charge in [0.25, 0.3) is 0 Å². The molecule has 3 nitrogen and oxygen atoms in total. The maximum absolute atomic E-state index is 5.90. The molecule has 0 aromatic heterocycles. The summed E-state index contributed by atoms with van der Waals surface area (Å²) in [7, 11) is 4.26. The number of benzene rings is 1. The van der Waals surface area contributed by atoms with E-state index in [2.05, 4.69) is 69.8 Å². The Balaban J connectivity index is 2.90. The first-order chi connectivity index (χ1) is 9.79. The fourth-order valence-corrected chi connectivity index (χ4v) is 2.64. The third-order valence-electron chi connectivity index (χ3n) is 3.56. The minimum absolute atomic E-state index is 0.218. The SMILES string of the molecule is Cc1cc(CC(C)N)ccc1N(CCN(C)C)CC(C)C. The highest BCUT2D eigenvalue weighted by Crippen LogP contribution is 2.23. The van der Waals surface area contributed by atoms with E-state index in [1.807, 2.05) is 0 Å². The van der Waals surface area contributed by atoms with Gasteiger partial charge in [0.2, 0.25) is 0 Å². The predicted octanol–water partition coefficient (Wildman–Crippen LogP) is 2.91. The van der Waals surface area contributed by atoms with Gasteiger partial charge in [-0.05, 0) is 57.5 Å². The Kier molecular flexibility index (Phi) is 7.20. The molecule has 120 valence electrons. The van der Waals surface area contributed by atoms with Crippen molar-refractivity contribution in [2.24, 2.45) is 11.7 Å². The molecule has 0 aliphatic rings. The van der Waals surface area contributed by atoms with Gasteiger partial charge in [0.1, 0.15) is 0 Å². The van der Waals surface area contributed by atoms with Crippen molar-refractivity contribution in [3.8, 4) is 0 Å². The normalized spacial score (nSPS) is 13.0. The molecule has 1 unspecified atom stereocenters. The standard InChI is InChI=1S/C18H33N3/c1-14(2)13-21(10-9-20(5)6)18-8-7-17(11-15(18)3)12-16(4)19/h7-8,11,14,16H,9-10,12-13,19H2,1-6H3. The zero-order valence-electron chi connectivity index (χ0n) is 14.7. The number of anilines is 1. The van der Waals surface area contributed by atoms with Gasteiger partial charge in [0, 0.05) is 31.4 Å². The number of hydrogen-bond acceptors (Lipinski definition) is 3. The van der Waals surface area contributed by atoms with Gasteiger partial charge in [-0.15, -0.1) is 0 Å². The van der Waals surface area contributed by atoms with Crippen LogP contribution in [0.1, 0.15) is 31.9 Å². The Morgan fingerprint density at radius 1 is 1.10 bits per heavy atom. The van der Waals surface area contributed by atoms with Gasteiger partial charge in [-0.2, -0.15) is 0 Å². The van der Waals surface area contributed by atoms with Crippen LogP contribution in [0.2, 0.25) is 0 Å². The minimum atomic E-state index is 0.218. The Morgan fingerprint density at radius 3 is 2.24 bits per heavy atom. The van der Waals surface area contributed by atoms with Crippen molar-refractivity contribution in [1.29, 1.82) is 0 Å². The van der Waals surface area contributed by atoms with Crippen LogP contribution in [0.25, 0.3) is 0 Å². The van der Waals surface area contributed by atoms with Crippen LogP contribution in [0.15, 0.2) is 18.2 Å². The van der Waals surface area contributed by atoms with Crippen molar-refractivity contribution in [2.45, 2.75) is 40.2 Å². The second kappa shape index (κ2) is 8.40. The Hall–Kier alpha value is -1.06. The van der Waals surface area contributed by atoms with E-state index in [1.54, 1.807) is 0 Å². The number of rotatable bonds is 8. The van der Waals surface area contributed by atoms with Gasteiger partial charge in [-0.3, -0.25) is 0 Å². The number of hydrogen-bond donors (Lipinski definition) is 1. The molecule has 0 saturated carbocycles. The van der Waals surface area contributed by atoms with E-state index in [1.165, 1.54) is 16.8 Å². The summed E-state index contributed by atoms with van der Waals surface area (Å²) >= 11 is 0. The molecule has 0 aliphatic heterocycles. The molecule has 21 heavy (non-hydrogen) atoms. The number of likely N-dealkylation sites (N-methyl/N-ethyl adjacent to an activating group) is 1. The Bertz CT molecular complexity index is 424. The summed E-state index contributed by atoms with van der Waals surface area (Å²) in [5, 5.41) is 0. The zero-order valence-corrected chi connectivity index (χ0v) is 14.7. The first-order valence-corrected chi connectivity index (χ1v) is 8.04. The summed E-state index contributed by atoms with van der Waals surface area (Å²) in [4.78, 5) is 4.75. The molecule has 1 aromatic rings. The van der Waals surface area contributed by atoms with Gasteiger partial charge in [0.15, 0.2) is 0 Å². The van der Waals surface area contributed by atoms with Crippen LogP contribution in [0.5, 0.6) is 0 Å². The second-order valence-corrected chi connectivity index (χ2v) is 6.95. The minimum Gasteiger partial charge on any atom is -0.370 e. The van der Waals surface area contributed by atoms with Crippen molar-refractivity contribution in [3.63, 3.8) is 0 Å². The van der Waals surface area contributed by atoms with Gasteiger partial charge in [0.05, 0.1) is 0 Å². The number of nitrogens with zero attached hydrogens (tertiary/aromatic N) is 2. The lowest BCUT2D eigenvalue weighted by Crippen LogP contribution is -2.34. The van der Waals surface area contributed by atoms with E-state index < -0.39 is 0 Å². The molecule has 3 heteroatoms. The van der Waals surface area contributed by atoms with E-state index in [0.29, 0.717) is 5.92 Å². The number of nitrogens with two attached hydrogens (primary N) is 1. The Labute approximate surface area is 131 Å². The van der Waals surface area contributed by atoms with Gasteiger partial charge < -0.3 is 15.5 Å². The smallest absolute Gasteiger partial charge is 0.0396 e.